The Kier molecular flexibility index (Phi) is 9.79. The van der Waals surface area contributed by atoms with Crippen LogP contribution in [0.4, 0.5) is 0 Å². The van der Waals surface area contributed by atoms with Crippen molar-refractivity contribution in [1.29, 1.82) is 0 Å². The topological polar surface area (TPSA) is 71.4 Å². The Morgan fingerprint density at radius 1 is 1.05 bits per heavy atom. The molecule has 4 nitrogen and oxygen atoms in total. The number of carbonyl (C=O) groups excluding carboxylic acids is 1. The molecular weight excluding hydrogens is 288 g/mol. The highest BCUT2D eigenvalue weighted by Crippen LogP contribution is 2.29. The lowest BCUT2D eigenvalue weighted by atomic mass is 9.92. The number of rotatable bonds is 13. The maximum Gasteiger partial charge on any atom is 0.278 e. The molecule has 21 heavy (non-hydrogen) atoms. The fourth-order valence-electron chi connectivity index (χ4n) is 2.64. The van der Waals surface area contributed by atoms with Crippen molar-refractivity contribution < 1.29 is 17.8 Å². The highest BCUT2D eigenvalue weighted by molar-refractivity contribution is 7.88. The predicted molar refractivity (Wildman–Crippen MR) is 87.0 cm³/mol. The van der Waals surface area contributed by atoms with Gasteiger partial charge in [0.1, 0.15) is 0 Å². The fourth-order valence-corrected chi connectivity index (χ4v) is 3.75. The highest BCUT2D eigenvalue weighted by Gasteiger charge is 2.46. The summed E-state index contributed by atoms with van der Waals surface area (Å²) in [5, 5.41) is 0. The van der Waals surface area contributed by atoms with E-state index in [4.69, 9.17) is 0 Å². The molecule has 0 aliphatic heterocycles. The largest absolute Gasteiger partial charge is 0.293 e. The molecule has 0 aromatic carbocycles. The standard InChI is InChI=1S/C16H30O4S/c1-4-7-8-9-10-11-12-13-14-16(6-3,15(17)5-2)21(18,19)20/h5H,2,4,6-14H2,1,3H3,(H,18,19,20). The highest BCUT2D eigenvalue weighted by atomic mass is 32.2. The van der Waals surface area contributed by atoms with Crippen molar-refractivity contribution in [2.75, 3.05) is 0 Å². The van der Waals surface area contributed by atoms with Crippen LogP contribution in [0.25, 0.3) is 0 Å². The van der Waals surface area contributed by atoms with E-state index in [1.807, 2.05) is 0 Å². The molecule has 0 fully saturated rings. The second kappa shape index (κ2) is 10.1. The summed E-state index contributed by atoms with van der Waals surface area (Å²) in [6, 6.07) is 0. The van der Waals surface area contributed by atoms with Crippen LogP contribution in [-0.4, -0.2) is 23.5 Å². The van der Waals surface area contributed by atoms with E-state index in [1.54, 1.807) is 6.92 Å². The number of allylic oxidation sites excluding steroid dienone is 1. The van der Waals surface area contributed by atoms with Crippen molar-refractivity contribution >= 4 is 15.9 Å². The summed E-state index contributed by atoms with van der Waals surface area (Å²) >= 11 is 0. The van der Waals surface area contributed by atoms with Gasteiger partial charge in [0, 0.05) is 0 Å². The maximum atomic E-state index is 11.9. The van der Waals surface area contributed by atoms with Crippen LogP contribution in [0.3, 0.4) is 0 Å². The third-order valence-corrected chi connectivity index (χ3v) is 5.82. The van der Waals surface area contributed by atoms with Crippen LogP contribution in [0.2, 0.25) is 0 Å². The second-order valence-electron chi connectivity index (χ2n) is 5.62. The van der Waals surface area contributed by atoms with Crippen molar-refractivity contribution in [1.82, 2.24) is 0 Å². The Labute approximate surface area is 129 Å². The van der Waals surface area contributed by atoms with Crippen molar-refractivity contribution in [3.63, 3.8) is 0 Å². The minimum Gasteiger partial charge on any atom is -0.293 e. The quantitative estimate of drug-likeness (QED) is 0.312. The summed E-state index contributed by atoms with van der Waals surface area (Å²) in [6.07, 6.45) is 9.86. The van der Waals surface area contributed by atoms with Gasteiger partial charge in [-0.3, -0.25) is 9.35 Å². The van der Waals surface area contributed by atoms with Gasteiger partial charge in [-0.25, -0.2) is 0 Å². The van der Waals surface area contributed by atoms with Crippen molar-refractivity contribution in [3.05, 3.63) is 12.7 Å². The van der Waals surface area contributed by atoms with E-state index in [9.17, 15) is 17.8 Å². The van der Waals surface area contributed by atoms with E-state index in [0.717, 1.165) is 25.3 Å². The van der Waals surface area contributed by atoms with Crippen LogP contribution in [0, 0.1) is 0 Å². The van der Waals surface area contributed by atoms with Gasteiger partial charge in [-0.1, -0.05) is 71.8 Å². The van der Waals surface area contributed by atoms with E-state index >= 15 is 0 Å². The van der Waals surface area contributed by atoms with E-state index in [2.05, 4.69) is 13.5 Å². The lowest BCUT2D eigenvalue weighted by Gasteiger charge is -2.26. The third-order valence-electron chi connectivity index (χ3n) is 4.13. The Balaban J connectivity index is 4.34. The maximum absolute atomic E-state index is 11.9. The molecule has 0 rings (SSSR count). The van der Waals surface area contributed by atoms with Gasteiger partial charge in [-0.2, -0.15) is 8.42 Å². The summed E-state index contributed by atoms with van der Waals surface area (Å²) < 4.78 is 31.0. The average Bonchev–Trinajstić information content (AvgIpc) is 2.44. The Morgan fingerprint density at radius 3 is 1.90 bits per heavy atom. The molecule has 1 unspecified atom stereocenters. The molecule has 0 radical (unpaired) electrons. The van der Waals surface area contributed by atoms with Crippen LogP contribution in [0.15, 0.2) is 12.7 Å². The van der Waals surface area contributed by atoms with Gasteiger partial charge in [0.15, 0.2) is 10.5 Å². The summed E-state index contributed by atoms with van der Waals surface area (Å²) in [4.78, 5) is 11.9. The molecule has 0 saturated carbocycles. The second-order valence-corrected chi connectivity index (χ2v) is 7.35. The zero-order valence-electron chi connectivity index (χ0n) is 13.4. The monoisotopic (exact) mass is 318 g/mol. The molecule has 124 valence electrons. The van der Waals surface area contributed by atoms with Crippen LogP contribution in [-0.2, 0) is 14.9 Å². The number of unbranched alkanes of at least 4 members (excludes halogenated alkanes) is 7. The van der Waals surface area contributed by atoms with Crippen LogP contribution in [0.5, 0.6) is 0 Å². The average molecular weight is 318 g/mol. The zero-order chi connectivity index (χ0) is 16.4. The number of hydrogen-bond acceptors (Lipinski definition) is 3. The van der Waals surface area contributed by atoms with Gasteiger partial charge in [0.05, 0.1) is 0 Å². The molecule has 0 heterocycles. The van der Waals surface area contributed by atoms with Crippen LogP contribution in [0.1, 0.15) is 78.1 Å². The summed E-state index contributed by atoms with van der Waals surface area (Å²) in [5.74, 6) is -0.601. The summed E-state index contributed by atoms with van der Waals surface area (Å²) in [6.45, 7) is 7.14. The third kappa shape index (κ3) is 6.30. The van der Waals surface area contributed by atoms with Gasteiger partial charge in [0.25, 0.3) is 10.1 Å². The Bertz CT molecular complexity index is 414. The van der Waals surface area contributed by atoms with Crippen LogP contribution >= 0.6 is 0 Å². The molecule has 1 atom stereocenters. The molecule has 5 heteroatoms. The summed E-state index contributed by atoms with van der Waals surface area (Å²) in [7, 11) is -4.41. The lowest BCUT2D eigenvalue weighted by Crippen LogP contribution is -2.44. The minimum atomic E-state index is -4.41. The van der Waals surface area contributed by atoms with Gasteiger partial charge in [0.2, 0.25) is 0 Å². The van der Waals surface area contributed by atoms with Crippen molar-refractivity contribution in [3.8, 4) is 0 Å². The first-order valence-electron chi connectivity index (χ1n) is 7.99. The molecule has 0 amide bonds. The van der Waals surface area contributed by atoms with Crippen molar-refractivity contribution in [2.45, 2.75) is 82.8 Å². The first-order valence-corrected chi connectivity index (χ1v) is 9.43. The van der Waals surface area contributed by atoms with E-state index in [1.165, 1.54) is 25.7 Å². The summed E-state index contributed by atoms with van der Waals surface area (Å²) in [5.41, 5.74) is 0. The number of carbonyl (C=O) groups is 1. The minimum absolute atomic E-state index is 0.0766. The lowest BCUT2D eigenvalue weighted by molar-refractivity contribution is -0.117. The number of ketones is 1. The first kappa shape index (κ1) is 20.3. The van der Waals surface area contributed by atoms with Gasteiger partial charge < -0.3 is 0 Å². The molecule has 0 spiro atoms. The molecule has 1 N–H and O–H groups in total. The van der Waals surface area contributed by atoms with Crippen molar-refractivity contribution in [2.24, 2.45) is 0 Å². The first-order chi connectivity index (χ1) is 9.85. The molecule has 0 bridgehead atoms. The van der Waals surface area contributed by atoms with E-state index in [0.29, 0.717) is 6.42 Å². The SMILES string of the molecule is C=CC(=O)C(CC)(CCCCCCCCCC)S(=O)(=O)O. The molecule has 0 aromatic rings. The van der Waals surface area contributed by atoms with Gasteiger partial charge in [-0.15, -0.1) is 0 Å². The molecule has 0 saturated heterocycles. The molecule has 0 aliphatic rings. The number of hydrogen-bond donors (Lipinski definition) is 1. The molecule has 0 aliphatic carbocycles. The van der Waals surface area contributed by atoms with Gasteiger partial charge >= 0.3 is 0 Å². The fraction of sp³-hybridized carbons (Fsp3) is 0.812. The Morgan fingerprint density at radius 2 is 1.52 bits per heavy atom. The van der Waals surface area contributed by atoms with Gasteiger partial charge in [-0.05, 0) is 18.9 Å². The zero-order valence-corrected chi connectivity index (χ0v) is 14.3. The smallest absolute Gasteiger partial charge is 0.278 e. The predicted octanol–water partition coefficient (Wildman–Crippen LogP) is 4.31. The van der Waals surface area contributed by atoms with Crippen LogP contribution < -0.4 is 0 Å². The van der Waals surface area contributed by atoms with E-state index in [-0.39, 0.29) is 12.8 Å². The normalized spacial score (nSPS) is 14.6. The molecule has 0 aromatic heterocycles. The molecular formula is C16H30O4S. The Hall–Kier alpha value is -0.680. The van der Waals surface area contributed by atoms with E-state index < -0.39 is 20.6 Å².